The van der Waals surface area contributed by atoms with Gasteiger partial charge in [-0.2, -0.15) is 18.4 Å². The number of rotatable bonds is 10. The molecule has 2 heterocycles. The van der Waals surface area contributed by atoms with E-state index < -0.39 is 24.2 Å². The normalized spacial score (nSPS) is 14.5. The maximum absolute atomic E-state index is 12.4. The van der Waals surface area contributed by atoms with Crippen molar-refractivity contribution in [1.29, 1.82) is 5.26 Å². The third-order valence-corrected chi connectivity index (χ3v) is 7.53. The van der Waals surface area contributed by atoms with Gasteiger partial charge in [0, 0.05) is 18.3 Å². The molecule has 2 aromatic carbocycles. The van der Waals surface area contributed by atoms with Gasteiger partial charge in [0.15, 0.2) is 0 Å². The molecular weight excluding hydrogens is 555 g/mol. The zero-order valence-electron chi connectivity index (χ0n) is 22.7. The standard InChI is InChI=1S/C30H28F3N3O4S/c1-4-22-19(8-6-13-36-14-12-24(36)28(37)40-29(38)30(31,32)33)7-5-9-23(22)26-17-35-27(41-26)20-10-11-25(39-18(2)3)21(15-20)16-34/h5,7,9-12,14-15,17-18,24H,4,6,8,13H2,1-3H3. The number of nitriles is 1. The Hall–Kier alpha value is -4.17. The first-order valence-corrected chi connectivity index (χ1v) is 13.9. The number of carbonyl (C=O) groups excluding carboxylic acids is 2. The molecule has 1 aliphatic heterocycles. The van der Waals surface area contributed by atoms with Crippen LogP contribution in [0.4, 0.5) is 13.2 Å². The zero-order valence-corrected chi connectivity index (χ0v) is 23.5. The number of benzene rings is 2. The van der Waals surface area contributed by atoms with Crippen LogP contribution in [0.1, 0.15) is 43.9 Å². The molecule has 1 atom stereocenters. The second-order valence-electron chi connectivity index (χ2n) is 9.65. The third kappa shape index (κ3) is 6.95. The summed E-state index contributed by atoms with van der Waals surface area (Å²) in [4.78, 5) is 30.1. The van der Waals surface area contributed by atoms with Crippen molar-refractivity contribution >= 4 is 23.3 Å². The number of ether oxygens (including phenoxy) is 2. The van der Waals surface area contributed by atoms with E-state index in [1.54, 1.807) is 23.2 Å². The average molecular weight is 584 g/mol. The molecule has 3 aromatic rings. The van der Waals surface area contributed by atoms with Crippen LogP contribution >= 0.6 is 11.3 Å². The van der Waals surface area contributed by atoms with Crippen LogP contribution < -0.4 is 4.74 Å². The quantitative estimate of drug-likeness (QED) is 0.200. The number of thiazole rings is 1. The van der Waals surface area contributed by atoms with Gasteiger partial charge in [-0.15, -0.1) is 11.3 Å². The lowest BCUT2D eigenvalue weighted by Gasteiger charge is -2.33. The van der Waals surface area contributed by atoms with E-state index in [0.29, 0.717) is 30.7 Å². The van der Waals surface area contributed by atoms with Crippen molar-refractivity contribution in [3.63, 3.8) is 0 Å². The first-order valence-electron chi connectivity index (χ1n) is 13.1. The van der Waals surface area contributed by atoms with Crippen molar-refractivity contribution < 1.29 is 32.2 Å². The molecule has 0 saturated heterocycles. The lowest BCUT2D eigenvalue weighted by atomic mass is 9.95. The maximum Gasteiger partial charge on any atom is 0.491 e. The Morgan fingerprint density at radius 1 is 1.22 bits per heavy atom. The van der Waals surface area contributed by atoms with Crippen LogP contribution in [0.15, 0.2) is 54.9 Å². The fraction of sp³-hybridized carbons (Fsp3) is 0.333. The summed E-state index contributed by atoms with van der Waals surface area (Å²) in [5.74, 6) is -3.21. The van der Waals surface area contributed by atoms with Gasteiger partial charge < -0.3 is 14.4 Å². The van der Waals surface area contributed by atoms with Gasteiger partial charge in [-0.1, -0.05) is 25.1 Å². The highest BCUT2D eigenvalue weighted by Gasteiger charge is 2.44. The van der Waals surface area contributed by atoms with Crippen LogP contribution in [0.2, 0.25) is 0 Å². The van der Waals surface area contributed by atoms with Gasteiger partial charge in [-0.25, -0.2) is 14.6 Å². The summed E-state index contributed by atoms with van der Waals surface area (Å²) in [5, 5.41) is 10.4. The molecule has 214 valence electrons. The molecule has 0 spiro atoms. The minimum absolute atomic E-state index is 0.0478. The van der Waals surface area contributed by atoms with Gasteiger partial charge >= 0.3 is 18.1 Å². The van der Waals surface area contributed by atoms with Gasteiger partial charge in [0.25, 0.3) is 0 Å². The molecule has 7 nitrogen and oxygen atoms in total. The number of nitrogens with zero attached hydrogens (tertiary/aromatic N) is 3. The van der Waals surface area contributed by atoms with E-state index >= 15 is 0 Å². The Morgan fingerprint density at radius 3 is 2.63 bits per heavy atom. The highest BCUT2D eigenvalue weighted by Crippen LogP contribution is 2.37. The van der Waals surface area contributed by atoms with Crippen LogP contribution in [-0.2, 0) is 27.2 Å². The van der Waals surface area contributed by atoms with Crippen molar-refractivity contribution in [2.24, 2.45) is 0 Å². The molecule has 0 bridgehead atoms. The average Bonchev–Trinajstić information content (AvgIpc) is 3.39. The summed E-state index contributed by atoms with van der Waals surface area (Å²) in [6.45, 7) is 6.29. The van der Waals surface area contributed by atoms with Crippen LogP contribution in [0, 0.1) is 11.3 Å². The number of aryl methyl sites for hydroxylation is 1. The molecule has 41 heavy (non-hydrogen) atoms. The summed E-state index contributed by atoms with van der Waals surface area (Å²) in [5.41, 5.74) is 4.62. The lowest BCUT2D eigenvalue weighted by Crippen LogP contribution is -2.45. The largest absolute Gasteiger partial charge is 0.491 e. The minimum Gasteiger partial charge on any atom is -0.490 e. The van der Waals surface area contributed by atoms with Gasteiger partial charge in [0.1, 0.15) is 22.9 Å². The number of hydrogen-bond donors (Lipinski definition) is 0. The SMILES string of the molecule is CCc1c(CCCN2C=CC2C(=O)OC(=O)C(F)(F)F)cccc1-c1cnc(-c2ccc(OC(C)C)c(C#N)c2)s1. The molecule has 0 radical (unpaired) electrons. The highest BCUT2D eigenvalue weighted by atomic mass is 32.1. The maximum atomic E-state index is 12.4. The molecule has 0 N–H and O–H groups in total. The number of halogens is 3. The number of alkyl halides is 3. The molecule has 1 aliphatic rings. The van der Waals surface area contributed by atoms with Crippen LogP contribution in [0.5, 0.6) is 5.75 Å². The fourth-order valence-electron chi connectivity index (χ4n) is 4.54. The Morgan fingerprint density at radius 2 is 2.00 bits per heavy atom. The first-order chi connectivity index (χ1) is 19.5. The summed E-state index contributed by atoms with van der Waals surface area (Å²) in [7, 11) is 0. The second kappa shape index (κ2) is 12.6. The van der Waals surface area contributed by atoms with E-state index in [1.165, 1.54) is 17.4 Å². The molecule has 4 rings (SSSR count). The van der Waals surface area contributed by atoms with E-state index in [4.69, 9.17) is 4.74 Å². The Labute approximate surface area is 239 Å². The summed E-state index contributed by atoms with van der Waals surface area (Å²) in [6, 6.07) is 12.7. The fourth-order valence-corrected chi connectivity index (χ4v) is 5.50. The molecule has 0 fully saturated rings. The van der Waals surface area contributed by atoms with Crippen molar-refractivity contribution in [2.75, 3.05) is 6.54 Å². The van der Waals surface area contributed by atoms with E-state index in [-0.39, 0.29) is 6.10 Å². The Kier molecular flexibility index (Phi) is 9.13. The van der Waals surface area contributed by atoms with Crippen molar-refractivity contribution in [2.45, 2.75) is 58.4 Å². The molecular formula is C30H28F3N3O4S. The van der Waals surface area contributed by atoms with E-state index in [0.717, 1.165) is 38.6 Å². The summed E-state index contributed by atoms with van der Waals surface area (Å²) >= 11 is 1.53. The number of aromatic nitrogens is 1. The van der Waals surface area contributed by atoms with E-state index in [1.807, 2.05) is 44.3 Å². The van der Waals surface area contributed by atoms with E-state index in [2.05, 4.69) is 22.7 Å². The molecule has 11 heteroatoms. The lowest BCUT2D eigenvalue weighted by molar-refractivity contribution is -0.203. The predicted octanol–water partition coefficient (Wildman–Crippen LogP) is 6.46. The highest BCUT2D eigenvalue weighted by molar-refractivity contribution is 7.18. The summed E-state index contributed by atoms with van der Waals surface area (Å²) in [6.07, 6.45) is 1.64. The molecule has 0 saturated carbocycles. The second-order valence-corrected chi connectivity index (χ2v) is 10.7. The van der Waals surface area contributed by atoms with Gasteiger partial charge in [0.2, 0.25) is 0 Å². The molecule has 1 unspecified atom stereocenters. The Balaban J connectivity index is 1.43. The van der Waals surface area contributed by atoms with Gasteiger partial charge in [-0.05, 0) is 80.3 Å². The number of esters is 2. The van der Waals surface area contributed by atoms with Crippen LogP contribution in [0.3, 0.4) is 0 Å². The van der Waals surface area contributed by atoms with Gasteiger partial charge in [-0.3, -0.25) is 0 Å². The van der Waals surface area contributed by atoms with Crippen LogP contribution in [-0.4, -0.2) is 46.7 Å². The van der Waals surface area contributed by atoms with E-state index in [9.17, 15) is 28.0 Å². The van der Waals surface area contributed by atoms with Crippen molar-refractivity contribution in [1.82, 2.24) is 9.88 Å². The van der Waals surface area contributed by atoms with Crippen molar-refractivity contribution in [3.8, 4) is 32.8 Å². The topological polar surface area (TPSA) is 92.5 Å². The molecule has 0 amide bonds. The monoisotopic (exact) mass is 583 g/mol. The Bertz CT molecular complexity index is 1510. The number of hydrogen-bond acceptors (Lipinski definition) is 8. The minimum atomic E-state index is -5.22. The zero-order chi connectivity index (χ0) is 29.7. The smallest absolute Gasteiger partial charge is 0.490 e. The molecule has 0 aliphatic carbocycles. The van der Waals surface area contributed by atoms with Gasteiger partial charge in [0.05, 0.1) is 16.5 Å². The van der Waals surface area contributed by atoms with Crippen molar-refractivity contribution in [3.05, 3.63) is 71.6 Å². The van der Waals surface area contributed by atoms with Crippen LogP contribution in [0.25, 0.3) is 21.0 Å². The first kappa shape index (κ1) is 29.8. The number of carbonyl (C=O) groups is 2. The molecule has 1 aromatic heterocycles. The predicted molar refractivity (Wildman–Crippen MR) is 148 cm³/mol. The third-order valence-electron chi connectivity index (χ3n) is 6.45. The summed E-state index contributed by atoms with van der Waals surface area (Å²) < 4.78 is 46.9.